The van der Waals surface area contributed by atoms with Crippen LogP contribution in [-0.4, -0.2) is 37.0 Å². The molecule has 0 radical (unpaired) electrons. The van der Waals surface area contributed by atoms with E-state index in [-0.39, 0.29) is 12.5 Å². The van der Waals surface area contributed by atoms with E-state index in [1.54, 1.807) is 11.9 Å². The Kier molecular flexibility index (Phi) is 6.82. The molecule has 0 aliphatic heterocycles. The number of hydrogen-bond donors (Lipinski definition) is 1. The highest BCUT2D eigenvalue weighted by Crippen LogP contribution is 2.26. The summed E-state index contributed by atoms with van der Waals surface area (Å²) in [6.45, 7) is 7.37. The van der Waals surface area contributed by atoms with Gasteiger partial charge in [0, 0.05) is 36.8 Å². The van der Waals surface area contributed by atoms with Gasteiger partial charge in [0.15, 0.2) is 6.61 Å². The molecule has 0 bridgehead atoms. The second-order valence-corrected chi connectivity index (χ2v) is 5.36. The molecule has 0 spiro atoms. The maximum Gasteiger partial charge on any atom is 0.260 e. The van der Waals surface area contributed by atoms with Crippen LogP contribution in [0.1, 0.15) is 26.3 Å². The van der Waals surface area contributed by atoms with Gasteiger partial charge >= 0.3 is 0 Å². The Hall–Kier alpha value is -1.26. The minimum atomic E-state index is -0.0461. The lowest BCUT2D eigenvalue weighted by molar-refractivity contribution is -0.131. The SMILES string of the molecule is CCN(C)C(=O)COc1cccc(Cl)c1CNC(C)C. The molecule has 0 aliphatic carbocycles. The van der Waals surface area contributed by atoms with E-state index in [0.29, 0.717) is 29.9 Å². The van der Waals surface area contributed by atoms with Crippen molar-refractivity contribution in [2.75, 3.05) is 20.2 Å². The molecule has 1 aromatic rings. The number of benzene rings is 1. The van der Waals surface area contributed by atoms with Crippen LogP contribution < -0.4 is 10.1 Å². The molecule has 0 aromatic heterocycles. The van der Waals surface area contributed by atoms with Crippen LogP contribution in [0.4, 0.5) is 0 Å². The van der Waals surface area contributed by atoms with Crippen LogP contribution in [0.25, 0.3) is 0 Å². The lowest BCUT2D eigenvalue weighted by atomic mass is 10.2. The molecule has 20 heavy (non-hydrogen) atoms. The first-order valence-electron chi connectivity index (χ1n) is 6.83. The van der Waals surface area contributed by atoms with Crippen LogP contribution >= 0.6 is 11.6 Å². The third kappa shape index (κ3) is 5.02. The highest BCUT2D eigenvalue weighted by atomic mass is 35.5. The van der Waals surface area contributed by atoms with Crippen LogP contribution in [0.3, 0.4) is 0 Å². The average molecular weight is 299 g/mol. The van der Waals surface area contributed by atoms with Gasteiger partial charge in [-0.25, -0.2) is 0 Å². The molecule has 1 rings (SSSR count). The fourth-order valence-electron chi connectivity index (χ4n) is 1.58. The third-order valence-electron chi connectivity index (χ3n) is 3.01. The molecule has 0 aliphatic rings. The first kappa shape index (κ1) is 16.8. The van der Waals surface area contributed by atoms with Crippen molar-refractivity contribution in [2.45, 2.75) is 33.4 Å². The van der Waals surface area contributed by atoms with Crippen molar-refractivity contribution in [1.29, 1.82) is 0 Å². The zero-order valence-electron chi connectivity index (χ0n) is 12.6. The van der Waals surface area contributed by atoms with Gasteiger partial charge in [-0.3, -0.25) is 4.79 Å². The van der Waals surface area contributed by atoms with E-state index >= 15 is 0 Å². The third-order valence-corrected chi connectivity index (χ3v) is 3.37. The molecule has 4 nitrogen and oxygen atoms in total. The Morgan fingerprint density at radius 3 is 2.75 bits per heavy atom. The van der Waals surface area contributed by atoms with Crippen LogP contribution in [0.5, 0.6) is 5.75 Å². The number of hydrogen-bond acceptors (Lipinski definition) is 3. The summed E-state index contributed by atoms with van der Waals surface area (Å²) < 4.78 is 5.62. The molecular weight excluding hydrogens is 276 g/mol. The number of carbonyl (C=O) groups excluding carboxylic acids is 1. The Bertz CT molecular complexity index is 449. The van der Waals surface area contributed by atoms with Crippen LogP contribution in [-0.2, 0) is 11.3 Å². The Morgan fingerprint density at radius 1 is 1.45 bits per heavy atom. The smallest absolute Gasteiger partial charge is 0.260 e. The number of carbonyl (C=O) groups is 1. The molecule has 5 heteroatoms. The molecule has 0 atom stereocenters. The number of nitrogens with one attached hydrogen (secondary N) is 1. The monoisotopic (exact) mass is 298 g/mol. The standard InChI is InChI=1S/C15H23ClN2O2/c1-5-18(4)15(19)10-20-14-8-6-7-13(16)12(14)9-17-11(2)3/h6-8,11,17H,5,9-10H2,1-4H3. The predicted molar refractivity (Wildman–Crippen MR) is 82.2 cm³/mol. The quantitative estimate of drug-likeness (QED) is 0.841. The summed E-state index contributed by atoms with van der Waals surface area (Å²) in [5.41, 5.74) is 0.884. The molecule has 1 N–H and O–H groups in total. The summed E-state index contributed by atoms with van der Waals surface area (Å²) in [5.74, 6) is 0.610. The molecule has 0 heterocycles. The fraction of sp³-hybridized carbons (Fsp3) is 0.533. The van der Waals surface area contributed by atoms with Gasteiger partial charge in [-0.2, -0.15) is 0 Å². The largest absolute Gasteiger partial charge is 0.483 e. The highest BCUT2D eigenvalue weighted by molar-refractivity contribution is 6.31. The molecule has 1 aromatic carbocycles. The minimum absolute atomic E-state index is 0.0271. The second kappa shape index (κ2) is 8.12. The number of amides is 1. The van der Waals surface area contributed by atoms with E-state index in [0.717, 1.165) is 5.56 Å². The van der Waals surface area contributed by atoms with E-state index in [9.17, 15) is 4.79 Å². The highest BCUT2D eigenvalue weighted by Gasteiger charge is 2.12. The van der Waals surface area contributed by atoms with Crippen LogP contribution in [0.2, 0.25) is 5.02 Å². The van der Waals surface area contributed by atoms with Gasteiger partial charge in [-0.15, -0.1) is 0 Å². The molecule has 0 saturated heterocycles. The van der Waals surface area contributed by atoms with Gasteiger partial charge in [0.2, 0.25) is 0 Å². The second-order valence-electron chi connectivity index (χ2n) is 4.95. The fourth-order valence-corrected chi connectivity index (χ4v) is 1.81. The maximum absolute atomic E-state index is 11.8. The number of halogens is 1. The van der Waals surface area contributed by atoms with E-state index in [4.69, 9.17) is 16.3 Å². The van der Waals surface area contributed by atoms with Gasteiger partial charge < -0.3 is 15.0 Å². The summed E-state index contributed by atoms with van der Waals surface area (Å²) in [6, 6.07) is 5.84. The molecule has 0 unspecified atom stereocenters. The van der Waals surface area contributed by atoms with Gasteiger partial charge in [-0.1, -0.05) is 31.5 Å². The van der Waals surface area contributed by atoms with E-state index < -0.39 is 0 Å². The topological polar surface area (TPSA) is 41.6 Å². The summed E-state index contributed by atoms with van der Waals surface area (Å²) in [7, 11) is 1.75. The van der Waals surface area contributed by atoms with E-state index in [1.165, 1.54) is 0 Å². The summed E-state index contributed by atoms with van der Waals surface area (Å²) in [4.78, 5) is 13.4. The van der Waals surface area contributed by atoms with Crippen molar-refractivity contribution in [1.82, 2.24) is 10.2 Å². The Labute approximate surface area is 126 Å². The number of nitrogens with zero attached hydrogens (tertiary/aromatic N) is 1. The lowest BCUT2D eigenvalue weighted by Gasteiger charge is -2.17. The minimum Gasteiger partial charge on any atom is -0.483 e. The summed E-state index contributed by atoms with van der Waals surface area (Å²) in [6.07, 6.45) is 0. The van der Waals surface area contributed by atoms with Crippen molar-refractivity contribution in [2.24, 2.45) is 0 Å². The van der Waals surface area contributed by atoms with E-state index in [2.05, 4.69) is 19.2 Å². The van der Waals surface area contributed by atoms with E-state index in [1.807, 2.05) is 25.1 Å². The zero-order chi connectivity index (χ0) is 15.1. The Balaban J connectivity index is 2.74. The molecule has 0 fully saturated rings. The molecule has 1 amide bonds. The Morgan fingerprint density at radius 2 is 2.15 bits per heavy atom. The average Bonchev–Trinajstić information content (AvgIpc) is 2.42. The number of rotatable bonds is 7. The van der Waals surface area contributed by atoms with Gasteiger partial charge in [0.25, 0.3) is 5.91 Å². The van der Waals surface area contributed by atoms with Crippen molar-refractivity contribution in [3.05, 3.63) is 28.8 Å². The number of ether oxygens (including phenoxy) is 1. The molecule has 0 saturated carbocycles. The first-order chi connectivity index (χ1) is 9.45. The predicted octanol–water partition coefficient (Wildman–Crippen LogP) is 2.70. The van der Waals surface area contributed by atoms with Crippen LogP contribution in [0, 0.1) is 0 Å². The van der Waals surface area contributed by atoms with Gasteiger partial charge in [-0.05, 0) is 19.1 Å². The normalized spacial score (nSPS) is 10.7. The van der Waals surface area contributed by atoms with Crippen molar-refractivity contribution in [3.63, 3.8) is 0 Å². The lowest BCUT2D eigenvalue weighted by Crippen LogP contribution is -2.31. The first-order valence-corrected chi connectivity index (χ1v) is 7.21. The van der Waals surface area contributed by atoms with Crippen molar-refractivity contribution in [3.8, 4) is 5.75 Å². The van der Waals surface area contributed by atoms with Crippen molar-refractivity contribution >= 4 is 17.5 Å². The molecular formula is C15H23ClN2O2. The van der Waals surface area contributed by atoms with Crippen LogP contribution in [0.15, 0.2) is 18.2 Å². The maximum atomic E-state index is 11.8. The molecule has 112 valence electrons. The summed E-state index contributed by atoms with van der Waals surface area (Å²) >= 11 is 6.20. The van der Waals surface area contributed by atoms with Gasteiger partial charge in [0.1, 0.15) is 5.75 Å². The van der Waals surface area contributed by atoms with Crippen molar-refractivity contribution < 1.29 is 9.53 Å². The van der Waals surface area contributed by atoms with Gasteiger partial charge in [0.05, 0.1) is 0 Å². The zero-order valence-corrected chi connectivity index (χ0v) is 13.3. The summed E-state index contributed by atoms with van der Waals surface area (Å²) in [5, 5.41) is 3.95. The number of likely N-dealkylation sites (N-methyl/N-ethyl adjacent to an activating group) is 1.